The topological polar surface area (TPSA) is 80.1 Å². The zero-order valence-corrected chi connectivity index (χ0v) is 14.0. The van der Waals surface area contributed by atoms with Crippen LogP contribution in [0.25, 0.3) is 11.2 Å². The van der Waals surface area contributed by atoms with Crippen LogP contribution in [0.15, 0.2) is 23.1 Å². The van der Waals surface area contributed by atoms with Crippen molar-refractivity contribution in [2.45, 2.75) is 32.7 Å². The average Bonchev–Trinajstić information content (AvgIpc) is 2.62. The van der Waals surface area contributed by atoms with Crippen molar-refractivity contribution in [3.8, 4) is 0 Å². The molecule has 0 saturated carbocycles. The molecule has 1 aliphatic rings. The van der Waals surface area contributed by atoms with E-state index in [9.17, 15) is 9.59 Å². The number of piperidine rings is 1. The number of likely N-dealkylation sites (tertiary alicyclic amines) is 1. The van der Waals surface area contributed by atoms with Crippen molar-refractivity contribution in [1.29, 1.82) is 0 Å². The fourth-order valence-electron chi connectivity index (χ4n) is 3.11. The molecule has 3 heterocycles. The number of hydrogen-bond acceptors (Lipinski definition) is 5. The summed E-state index contributed by atoms with van der Waals surface area (Å²) in [4.78, 5) is 35.7. The predicted octanol–water partition coefficient (Wildman–Crippen LogP) is 1.03. The smallest absolute Gasteiger partial charge is 0.283 e. The Morgan fingerprint density at radius 3 is 2.83 bits per heavy atom. The number of nitrogens with zero attached hydrogens (tertiary/aromatic N) is 4. The quantitative estimate of drug-likeness (QED) is 0.886. The lowest BCUT2D eigenvalue weighted by atomic mass is 10.1. The molecule has 7 heteroatoms. The predicted molar refractivity (Wildman–Crippen MR) is 92.1 cm³/mol. The molecule has 1 amide bonds. The van der Waals surface area contributed by atoms with E-state index >= 15 is 0 Å². The molecule has 0 bridgehead atoms. The van der Waals surface area contributed by atoms with E-state index < -0.39 is 5.91 Å². The van der Waals surface area contributed by atoms with E-state index in [0.717, 1.165) is 19.6 Å². The fourth-order valence-corrected chi connectivity index (χ4v) is 3.11. The third kappa shape index (κ3) is 3.46. The summed E-state index contributed by atoms with van der Waals surface area (Å²) < 4.78 is 1.49. The van der Waals surface area contributed by atoms with Gasteiger partial charge in [-0.2, -0.15) is 0 Å². The van der Waals surface area contributed by atoms with Crippen molar-refractivity contribution in [2.75, 3.05) is 26.2 Å². The van der Waals surface area contributed by atoms with Crippen molar-refractivity contribution >= 4 is 17.1 Å². The van der Waals surface area contributed by atoms with Crippen LogP contribution in [0.5, 0.6) is 0 Å². The van der Waals surface area contributed by atoms with E-state index in [1.54, 1.807) is 18.3 Å². The summed E-state index contributed by atoms with van der Waals surface area (Å²) >= 11 is 0. The van der Waals surface area contributed by atoms with Crippen LogP contribution in [0.1, 0.15) is 36.7 Å². The Labute approximate surface area is 140 Å². The summed E-state index contributed by atoms with van der Waals surface area (Å²) in [5, 5.41) is 2.83. The van der Waals surface area contributed by atoms with Crippen LogP contribution < -0.4 is 10.9 Å². The summed E-state index contributed by atoms with van der Waals surface area (Å²) in [6.45, 7) is 5.80. The molecule has 1 aliphatic heterocycles. The van der Waals surface area contributed by atoms with Crippen molar-refractivity contribution in [3.63, 3.8) is 0 Å². The van der Waals surface area contributed by atoms with Gasteiger partial charge < -0.3 is 10.2 Å². The molecular weight excluding hydrogens is 306 g/mol. The maximum atomic E-state index is 12.5. The number of aryl methyl sites for hydroxylation is 1. The first-order valence-electron chi connectivity index (χ1n) is 8.57. The second-order valence-electron chi connectivity index (χ2n) is 6.01. The van der Waals surface area contributed by atoms with Gasteiger partial charge in [0, 0.05) is 25.8 Å². The Morgan fingerprint density at radius 1 is 1.29 bits per heavy atom. The molecule has 0 radical (unpaired) electrons. The molecule has 24 heavy (non-hydrogen) atoms. The van der Waals surface area contributed by atoms with Crippen molar-refractivity contribution < 1.29 is 4.79 Å². The first-order valence-corrected chi connectivity index (χ1v) is 8.57. The summed E-state index contributed by atoms with van der Waals surface area (Å²) in [6.07, 6.45) is 5.34. The summed E-state index contributed by atoms with van der Waals surface area (Å²) in [6, 6.07) is 3.51. The molecule has 3 rings (SSSR count). The number of carbonyl (C=O) groups excluding carboxylic acids is 1. The minimum atomic E-state index is -0.412. The standard InChI is InChI=1S/C17H23N5O2/c1-2-22-15-13(7-6-8-18-15)20-14(17(22)24)16(23)19-9-12-21-10-4-3-5-11-21/h6-8H,2-5,9-12H2,1H3,(H,19,23). The Bertz CT molecular complexity index is 780. The van der Waals surface area contributed by atoms with Crippen LogP contribution in [0.2, 0.25) is 0 Å². The Balaban J connectivity index is 1.74. The van der Waals surface area contributed by atoms with E-state index in [2.05, 4.69) is 20.2 Å². The number of hydrogen-bond donors (Lipinski definition) is 1. The molecular formula is C17H23N5O2. The maximum absolute atomic E-state index is 12.5. The van der Waals surface area contributed by atoms with E-state index in [1.807, 2.05) is 6.92 Å². The molecule has 7 nitrogen and oxygen atoms in total. The number of pyridine rings is 1. The first-order chi connectivity index (χ1) is 11.7. The number of fused-ring (bicyclic) bond motifs is 1. The highest BCUT2D eigenvalue weighted by Crippen LogP contribution is 2.08. The third-order valence-electron chi connectivity index (χ3n) is 4.40. The van der Waals surface area contributed by atoms with Gasteiger partial charge in [0.25, 0.3) is 11.5 Å². The molecule has 0 atom stereocenters. The van der Waals surface area contributed by atoms with Gasteiger partial charge in [-0.1, -0.05) is 6.42 Å². The number of aromatic nitrogens is 3. The first kappa shape index (κ1) is 16.6. The van der Waals surface area contributed by atoms with Crippen molar-refractivity contribution in [3.05, 3.63) is 34.4 Å². The Hall–Kier alpha value is -2.28. The van der Waals surface area contributed by atoms with Crippen LogP contribution in [0.3, 0.4) is 0 Å². The third-order valence-corrected chi connectivity index (χ3v) is 4.40. The molecule has 1 fully saturated rings. The SMILES string of the molecule is CCn1c(=O)c(C(=O)NCCN2CCCCC2)nc2cccnc21. The molecule has 1 N–H and O–H groups in total. The minimum absolute atomic E-state index is 0.0593. The second-order valence-corrected chi connectivity index (χ2v) is 6.01. The van der Waals surface area contributed by atoms with Crippen LogP contribution in [0.4, 0.5) is 0 Å². The van der Waals surface area contributed by atoms with Crippen LogP contribution in [-0.4, -0.2) is 51.5 Å². The van der Waals surface area contributed by atoms with Gasteiger partial charge in [0.15, 0.2) is 11.3 Å². The molecule has 1 saturated heterocycles. The number of nitrogens with one attached hydrogen (secondary N) is 1. The number of carbonyl (C=O) groups is 1. The van der Waals surface area contributed by atoms with Crippen LogP contribution in [0, 0.1) is 0 Å². The van der Waals surface area contributed by atoms with Crippen LogP contribution >= 0.6 is 0 Å². The van der Waals surface area contributed by atoms with Gasteiger partial charge in [-0.25, -0.2) is 9.97 Å². The highest BCUT2D eigenvalue weighted by Gasteiger charge is 2.17. The summed E-state index contributed by atoms with van der Waals surface area (Å²) in [5.74, 6) is -0.412. The number of rotatable bonds is 5. The molecule has 0 aromatic carbocycles. The zero-order chi connectivity index (χ0) is 16.9. The van der Waals surface area contributed by atoms with Crippen molar-refractivity contribution in [2.24, 2.45) is 0 Å². The van der Waals surface area contributed by atoms with Gasteiger partial charge in [-0.15, -0.1) is 0 Å². The van der Waals surface area contributed by atoms with Crippen molar-refractivity contribution in [1.82, 2.24) is 24.8 Å². The lowest BCUT2D eigenvalue weighted by Crippen LogP contribution is -2.40. The van der Waals surface area contributed by atoms with E-state index in [0.29, 0.717) is 24.3 Å². The Kier molecular flexibility index (Phi) is 5.20. The molecule has 2 aromatic rings. The summed E-state index contributed by atoms with van der Waals surface area (Å²) in [5.41, 5.74) is 0.616. The zero-order valence-electron chi connectivity index (χ0n) is 14.0. The molecule has 0 spiro atoms. The van der Waals surface area contributed by atoms with Gasteiger partial charge in [-0.3, -0.25) is 14.2 Å². The largest absolute Gasteiger partial charge is 0.349 e. The second kappa shape index (κ2) is 7.53. The van der Waals surface area contributed by atoms with E-state index in [-0.39, 0.29) is 11.3 Å². The van der Waals surface area contributed by atoms with Gasteiger partial charge in [0.2, 0.25) is 0 Å². The Morgan fingerprint density at radius 2 is 2.08 bits per heavy atom. The van der Waals surface area contributed by atoms with Gasteiger partial charge >= 0.3 is 0 Å². The minimum Gasteiger partial charge on any atom is -0.349 e. The summed E-state index contributed by atoms with van der Waals surface area (Å²) in [7, 11) is 0. The number of amides is 1. The lowest BCUT2D eigenvalue weighted by molar-refractivity contribution is 0.0939. The highest BCUT2D eigenvalue weighted by molar-refractivity contribution is 5.93. The highest BCUT2D eigenvalue weighted by atomic mass is 16.2. The fraction of sp³-hybridized carbons (Fsp3) is 0.529. The normalized spacial score (nSPS) is 15.5. The van der Waals surface area contributed by atoms with Crippen LogP contribution in [-0.2, 0) is 6.54 Å². The maximum Gasteiger partial charge on any atom is 0.283 e. The molecule has 128 valence electrons. The average molecular weight is 329 g/mol. The molecule has 0 aliphatic carbocycles. The monoisotopic (exact) mass is 329 g/mol. The molecule has 2 aromatic heterocycles. The van der Waals surface area contributed by atoms with Gasteiger partial charge in [0.05, 0.1) is 0 Å². The van der Waals surface area contributed by atoms with Gasteiger partial charge in [-0.05, 0) is 45.0 Å². The van der Waals surface area contributed by atoms with E-state index in [1.165, 1.54) is 23.8 Å². The molecule has 0 unspecified atom stereocenters. The van der Waals surface area contributed by atoms with E-state index in [4.69, 9.17) is 0 Å². The lowest BCUT2D eigenvalue weighted by Gasteiger charge is -2.26. The van der Waals surface area contributed by atoms with Gasteiger partial charge in [0.1, 0.15) is 5.52 Å².